The van der Waals surface area contributed by atoms with E-state index in [2.05, 4.69) is 16.3 Å². The molecule has 27 heavy (non-hydrogen) atoms. The summed E-state index contributed by atoms with van der Waals surface area (Å²) in [6.07, 6.45) is 7.21. The van der Waals surface area contributed by atoms with Gasteiger partial charge in [-0.2, -0.15) is 0 Å². The van der Waals surface area contributed by atoms with Gasteiger partial charge in [-0.05, 0) is 88.0 Å². The van der Waals surface area contributed by atoms with Crippen molar-refractivity contribution in [2.45, 2.75) is 76.9 Å². The normalized spacial score (nSPS) is 30.3. The summed E-state index contributed by atoms with van der Waals surface area (Å²) in [7, 11) is 0. The molecule has 1 aromatic carbocycles. The first-order valence-electron chi connectivity index (χ1n) is 10.3. The van der Waals surface area contributed by atoms with E-state index in [1.54, 1.807) is 0 Å². The number of aryl methyl sites for hydroxylation is 2. The van der Waals surface area contributed by atoms with Crippen molar-refractivity contribution >= 4 is 17.7 Å². The van der Waals surface area contributed by atoms with E-state index in [0.717, 1.165) is 68.3 Å². The fourth-order valence-electron chi connectivity index (χ4n) is 5.70. The molecule has 5 heteroatoms. The lowest BCUT2D eigenvalue weighted by atomic mass is 9.69. The van der Waals surface area contributed by atoms with Gasteiger partial charge >= 0.3 is 6.09 Å². The quantitative estimate of drug-likeness (QED) is 0.830. The Kier molecular flexibility index (Phi) is 4.87. The summed E-state index contributed by atoms with van der Waals surface area (Å²) >= 11 is 0. The summed E-state index contributed by atoms with van der Waals surface area (Å²) in [6, 6.07) is 5.99. The minimum absolute atomic E-state index is 0.0393. The summed E-state index contributed by atoms with van der Waals surface area (Å²) < 4.78 is 5.78. The van der Waals surface area contributed by atoms with Gasteiger partial charge in [-0.15, -0.1) is 0 Å². The molecule has 0 unspecified atom stereocenters. The van der Waals surface area contributed by atoms with Crippen molar-refractivity contribution in [2.75, 3.05) is 11.9 Å². The third kappa shape index (κ3) is 3.56. The van der Waals surface area contributed by atoms with E-state index < -0.39 is 0 Å². The van der Waals surface area contributed by atoms with Crippen LogP contribution in [0.15, 0.2) is 18.2 Å². The molecule has 2 heterocycles. The van der Waals surface area contributed by atoms with Gasteiger partial charge in [0, 0.05) is 24.2 Å². The molecule has 2 amide bonds. The number of hydrogen-bond donors (Lipinski definition) is 1. The SMILES string of the molecule is Cc1cc(C)cc(NC(=O)O[C@@H]2CC[C@@]34CCCN3C(=O)CCC[C@H]4C2)c1. The van der Waals surface area contributed by atoms with E-state index in [4.69, 9.17) is 4.74 Å². The highest BCUT2D eigenvalue weighted by Gasteiger charge is 2.52. The Hall–Kier alpha value is -2.04. The molecule has 5 nitrogen and oxygen atoms in total. The van der Waals surface area contributed by atoms with Crippen LogP contribution in [0.3, 0.4) is 0 Å². The van der Waals surface area contributed by atoms with Crippen molar-refractivity contribution in [2.24, 2.45) is 5.92 Å². The van der Waals surface area contributed by atoms with Gasteiger partial charge in [0.05, 0.1) is 0 Å². The molecule has 3 atom stereocenters. The molecule has 2 aliphatic heterocycles. The minimum atomic E-state index is -0.367. The molecular formula is C22H30N2O3. The van der Waals surface area contributed by atoms with Crippen LogP contribution in [-0.2, 0) is 9.53 Å². The molecule has 1 aliphatic carbocycles. The predicted octanol–water partition coefficient (Wildman–Crippen LogP) is 4.57. The maximum Gasteiger partial charge on any atom is 0.411 e. The second kappa shape index (κ2) is 7.17. The van der Waals surface area contributed by atoms with Crippen LogP contribution < -0.4 is 5.32 Å². The first kappa shape index (κ1) is 18.3. The number of amides is 2. The van der Waals surface area contributed by atoms with Crippen molar-refractivity contribution < 1.29 is 14.3 Å². The summed E-state index contributed by atoms with van der Waals surface area (Å²) in [5, 5.41) is 2.88. The fourth-order valence-corrected chi connectivity index (χ4v) is 5.70. The zero-order chi connectivity index (χ0) is 19.0. The smallest absolute Gasteiger partial charge is 0.411 e. The van der Waals surface area contributed by atoms with Crippen molar-refractivity contribution in [1.29, 1.82) is 0 Å². The van der Waals surface area contributed by atoms with Gasteiger partial charge < -0.3 is 9.64 Å². The maximum absolute atomic E-state index is 12.5. The van der Waals surface area contributed by atoms with E-state index >= 15 is 0 Å². The topological polar surface area (TPSA) is 58.6 Å². The van der Waals surface area contributed by atoms with E-state index in [1.807, 2.05) is 26.0 Å². The van der Waals surface area contributed by atoms with Crippen molar-refractivity contribution in [3.8, 4) is 0 Å². The molecule has 4 rings (SSSR count). The highest BCUT2D eigenvalue weighted by Crippen LogP contribution is 2.49. The number of rotatable bonds is 2. The van der Waals surface area contributed by atoms with Gasteiger partial charge in [0.15, 0.2) is 0 Å². The minimum Gasteiger partial charge on any atom is -0.446 e. The molecule has 3 aliphatic rings. The van der Waals surface area contributed by atoms with Gasteiger partial charge in [-0.25, -0.2) is 4.79 Å². The van der Waals surface area contributed by atoms with Crippen LogP contribution in [0.2, 0.25) is 0 Å². The highest BCUT2D eigenvalue weighted by atomic mass is 16.6. The molecule has 0 aromatic heterocycles. The lowest BCUT2D eigenvalue weighted by molar-refractivity contribution is -0.138. The summed E-state index contributed by atoms with van der Waals surface area (Å²) in [6.45, 7) is 4.95. The zero-order valence-corrected chi connectivity index (χ0v) is 16.4. The number of hydrogen-bond acceptors (Lipinski definition) is 3. The second-order valence-corrected chi connectivity index (χ2v) is 8.64. The van der Waals surface area contributed by atoms with Crippen LogP contribution in [0.5, 0.6) is 0 Å². The molecule has 1 spiro atoms. The molecule has 0 radical (unpaired) electrons. The molecular weight excluding hydrogens is 340 g/mol. The Morgan fingerprint density at radius 1 is 1.15 bits per heavy atom. The van der Waals surface area contributed by atoms with Crippen LogP contribution in [0.25, 0.3) is 0 Å². The lowest BCUT2D eigenvalue weighted by Crippen LogP contribution is -2.54. The molecule has 1 N–H and O–H groups in total. The standard InChI is InChI=1S/C22H30N2O3/c1-15-11-16(2)13-18(12-15)23-21(26)27-19-7-9-22-8-4-10-24(22)20(25)6-3-5-17(22)14-19/h11-13,17,19H,3-10,14H2,1-2H3,(H,23,26)/t17-,19+,22+/m0/s1. The van der Waals surface area contributed by atoms with E-state index in [9.17, 15) is 9.59 Å². The summed E-state index contributed by atoms with van der Waals surface area (Å²) in [5.74, 6) is 0.793. The Morgan fingerprint density at radius 3 is 2.70 bits per heavy atom. The monoisotopic (exact) mass is 370 g/mol. The van der Waals surface area contributed by atoms with Crippen LogP contribution >= 0.6 is 0 Å². The number of nitrogens with one attached hydrogen (secondary N) is 1. The summed E-state index contributed by atoms with van der Waals surface area (Å²) in [4.78, 5) is 27.1. The number of anilines is 1. The van der Waals surface area contributed by atoms with E-state index in [-0.39, 0.29) is 17.7 Å². The van der Waals surface area contributed by atoms with Crippen LogP contribution in [0, 0.1) is 19.8 Å². The number of nitrogens with zero attached hydrogens (tertiary/aromatic N) is 1. The number of ether oxygens (including phenoxy) is 1. The fraction of sp³-hybridized carbons (Fsp3) is 0.636. The maximum atomic E-state index is 12.5. The van der Waals surface area contributed by atoms with Gasteiger partial charge in [-0.1, -0.05) is 6.07 Å². The van der Waals surface area contributed by atoms with Crippen LogP contribution in [-0.4, -0.2) is 35.1 Å². The van der Waals surface area contributed by atoms with E-state index in [0.29, 0.717) is 18.2 Å². The largest absolute Gasteiger partial charge is 0.446 e. The molecule has 146 valence electrons. The number of carbonyl (C=O) groups excluding carboxylic acids is 2. The Labute approximate surface area is 161 Å². The van der Waals surface area contributed by atoms with Crippen LogP contribution in [0.1, 0.15) is 62.5 Å². The third-order valence-corrected chi connectivity index (χ3v) is 6.72. The van der Waals surface area contributed by atoms with E-state index in [1.165, 1.54) is 0 Å². The third-order valence-electron chi connectivity index (χ3n) is 6.72. The van der Waals surface area contributed by atoms with Gasteiger partial charge in [0.2, 0.25) is 5.91 Å². The molecule has 2 saturated heterocycles. The van der Waals surface area contributed by atoms with Gasteiger partial charge in [-0.3, -0.25) is 10.1 Å². The zero-order valence-electron chi connectivity index (χ0n) is 16.4. The first-order chi connectivity index (χ1) is 13.0. The molecule has 1 saturated carbocycles. The molecule has 1 aromatic rings. The molecule has 3 fully saturated rings. The number of benzene rings is 1. The van der Waals surface area contributed by atoms with Crippen molar-refractivity contribution in [3.05, 3.63) is 29.3 Å². The molecule has 0 bridgehead atoms. The Balaban J connectivity index is 1.40. The average molecular weight is 370 g/mol. The lowest BCUT2D eigenvalue weighted by Gasteiger charge is -2.48. The van der Waals surface area contributed by atoms with Gasteiger partial charge in [0.1, 0.15) is 6.10 Å². The Bertz CT molecular complexity index is 727. The highest BCUT2D eigenvalue weighted by molar-refractivity contribution is 5.85. The van der Waals surface area contributed by atoms with Crippen molar-refractivity contribution in [1.82, 2.24) is 4.90 Å². The number of carbonyl (C=O) groups is 2. The summed E-state index contributed by atoms with van der Waals surface area (Å²) in [5.41, 5.74) is 3.06. The Morgan fingerprint density at radius 2 is 1.93 bits per heavy atom. The first-order valence-corrected chi connectivity index (χ1v) is 10.3. The second-order valence-electron chi connectivity index (χ2n) is 8.64. The van der Waals surface area contributed by atoms with Gasteiger partial charge in [0.25, 0.3) is 0 Å². The predicted molar refractivity (Wildman–Crippen MR) is 105 cm³/mol. The average Bonchev–Trinajstić information content (AvgIpc) is 2.96. The van der Waals surface area contributed by atoms with Crippen molar-refractivity contribution in [3.63, 3.8) is 0 Å². The van der Waals surface area contributed by atoms with Crippen LogP contribution in [0.4, 0.5) is 10.5 Å².